The molecular weight excluding hydrogens is 740 g/mol. The lowest BCUT2D eigenvalue weighted by Crippen LogP contribution is -2.14. The normalized spacial score (nSPS) is 14.4. The van der Waals surface area contributed by atoms with Gasteiger partial charge in [0.05, 0.1) is 36.0 Å². The van der Waals surface area contributed by atoms with E-state index in [0.717, 1.165) is 0 Å². The molecule has 2 aromatic heterocycles. The Bertz CT molecular complexity index is 1240. The van der Waals surface area contributed by atoms with Crippen LogP contribution in [0.15, 0.2) is 43.8 Å². The highest BCUT2D eigenvalue weighted by Crippen LogP contribution is 2.47. The molecule has 7 heteroatoms. The van der Waals surface area contributed by atoms with E-state index in [4.69, 9.17) is 0 Å². The second kappa shape index (κ2) is 21.5. The second-order valence-corrected chi connectivity index (χ2v) is 18.4. The standard InChI is InChI=1S/C38H56Br2N2S3/c1-3-5-7-9-11-13-15-17-19-21-23-30-27-35(43-37(30)39)32-25-26-33(42-34(32)29-41-45-42)36-28-31(38(40)44-36)24-22-20-18-16-14-12-10-8-6-4-2/h25-29,41H,3-24H2,1-2H3. The van der Waals surface area contributed by atoms with Crippen LogP contribution in [0.1, 0.15) is 163 Å². The Balaban J connectivity index is 1.25. The first-order valence-corrected chi connectivity index (χ1v) is 22.0. The maximum atomic E-state index is 3.91. The minimum absolute atomic E-state index is 1.17. The number of fused-ring (bicyclic) bond motifs is 1. The fourth-order valence-corrected chi connectivity index (χ4v) is 10.8. The van der Waals surface area contributed by atoms with Crippen molar-refractivity contribution in [3.63, 3.8) is 0 Å². The molecule has 0 fully saturated rings. The molecule has 4 heterocycles. The summed E-state index contributed by atoms with van der Waals surface area (Å²) in [7, 11) is 0. The molecule has 250 valence electrons. The molecule has 0 saturated heterocycles. The van der Waals surface area contributed by atoms with Gasteiger partial charge in [-0.1, -0.05) is 129 Å². The average molecular weight is 797 g/mol. The predicted octanol–water partition coefficient (Wildman–Crippen LogP) is 15.0. The fourth-order valence-electron chi connectivity index (χ4n) is 6.33. The van der Waals surface area contributed by atoms with Crippen LogP contribution >= 0.6 is 66.7 Å². The van der Waals surface area contributed by atoms with Gasteiger partial charge in [0, 0.05) is 16.7 Å². The van der Waals surface area contributed by atoms with Crippen LogP contribution in [0.2, 0.25) is 0 Å². The van der Waals surface area contributed by atoms with Gasteiger partial charge in [-0.25, -0.2) is 0 Å². The summed E-state index contributed by atoms with van der Waals surface area (Å²) in [4.78, 5) is 2.70. The summed E-state index contributed by atoms with van der Waals surface area (Å²) in [6.45, 7) is 4.59. The van der Waals surface area contributed by atoms with Gasteiger partial charge in [-0.15, -0.1) is 22.7 Å². The summed E-state index contributed by atoms with van der Waals surface area (Å²) in [5, 5.41) is 0. The number of allylic oxidation sites excluding steroid dienone is 3. The molecule has 0 bridgehead atoms. The molecule has 0 unspecified atom stereocenters. The Kier molecular flexibility index (Phi) is 17.8. The van der Waals surface area contributed by atoms with Crippen molar-refractivity contribution in [3.05, 3.63) is 64.6 Å². The number of thiophene rings is 2. The Morgan fingerprint density at radius 2 is 1.00 bits per heavy atom. The van der Waals surface area contributed by atoms with Crippen molar-refractivity contribution in [1.82, 2.24) is 9.03 Å². The van der Waals surface area contributed by atoms with E-state index < -0.39 is 0 Å². The molecule has 2 aromatic rings. The molecular formula is C38H56Br2N2S3. The van der Waals surface area contributed by atoms with Crippen LogP contribution in [0.5, 0.6) is 0 Å². The van der Waals surface area contributed by atoms with Crippen molar-refractivity contribution in [1.29, 1.82) is 0 Å². The zero-order chi connectivity index (χ0) is 31.7. The Labute approximate surface area is 304 Å². The lowest BCUT2D eigenvalue weighted by molar-refractivity contribution is 0.556. The number of halogens is 2. The van der Waals surface area contributed by atoms with Gasteiger partial charge < -0.3 is 4.72 Å². The summed E-state index contributed by atoms with van der Waals surface area (Å²) in [6.07, 6.45) is 36.9. The summed E-state index contributed by atoms with van der Waals surface area (Å²) in [5.41, 5.74) is 6.79. The molecule has 0 aromatic carbocycles. The van der Waals surface area contributed by atoms with Gasteiger partial charge in [0.1, 0.15) is 0 Å². The van der Waals surface area contributed by atoms with E-state index >= 15 is 0 Å². The third kappa shape index (κ3) is 12.2. The van der Waals surface area contributed by atoms with Crippen molar-refractivity contribution >= 4 is 77.9 Å². The Morgan fingerprint density at radius 1 is 0.556 bits per heavy atom. The summed E-state index contributed by atoms with van der Waals surface area (Å²) >= 11 is 13.3. The van der Waals surface area contributed by atoms with Crippen molar-refractivity contribution in [2.45, 2.75) is 155 Å². The summed E-state index contributed by atoms with van der Waals surface area (Å²) < 4.78 is 8.42. The highest BCUT2D eigenvalue weighted by Gasteiger charge is 2.30. The number of nitrogens with zero attached hydrogens (tertiary/aromatic N) is 1. The Hall–Kier alpha value is -0.470. The molecule has 0 saturated carbocycles. The van der Waals surface area contributed by atoms with Crippen LogP contribution in [0.3, 0.4) is 0 Å². The molecule has 0 radical (unpaired) electrons. The van der Waals surface area contributed by atoms with E-state index in [1.165, 1.54) is 187 Å². The fraction of sp³-hybridized carbons (Fsp3) is 0.632. The maximum Gasteiger partial charge on any atom is 0.0794 e. The quantitative estimate of drug-likeness (QED) is 0.0841. The van der Waals surface area contributed by atoms with E-state index in [0.29, 0.717) is 0 Å². The SMILES string of the molecule is CCCCCCCCCCCCc1cc(C2=CC=C(c3cc(CCCCCCCCCCCC)c(Br)s3)N3SNC=C23)sc1Br. The smallest absolute Gasteiger partial charge is 0.0794 e. The number of hydrogen-bond acceptors (Lipinski definition) is 5. The number of aryl methyl sites for hydroxylation is 2. The van der Waals surface area contributed by atoms with Crippen molar-refractivity contribution in [2.24, 2.45) is 0 Å². The first-order valence-electron chi connectivity index (χ1n) is 18.0. The minimum atomic E-state index is 1.17. The zero-order valence-corrected chi connectivity index (χ0v) is 33.5. The van der Waals surface area contributed by atoms with E-state index in [1.54, 1.807) is 12.1 Å². The van der Waals surface area contributed by atoms with Gasteiger partial charge in [0.15, 0.2) is 0 Å². The number of unbranched alkanes of at least 4 members (excludes halogenated alkanes) is 18. The van der Waals surface area contributed by atoms with Gasteiger partial charge in [0.25, 0.3) is 0 Å². The molecule has 0 spiro atoms. The molecule has 0 aliphatic carbocycles. The molecule has 2 nitrogen and oxygen atoms in total. The third-order valence-electron chi connectivity index (χ3n) is 9.09. The second-order valence-electron chi connectivity index (χ2n) is 12.8. The van der Waals surface area contributed by atoms with Crippen LogP contribution < -0.4 is 4.72 Å². The average Bonchev–Trinajstić information content (AvgIpc) is 3.77. The van der Waals surface area contributed by atoms with Gasteiger partial charge in [-0.2, -0.15) is 0 Å². The van der Waals surface area contributed by atoms with Gasteiger partial charge in [-0.3, -0.25) is 4.31 Å². The highest BCUT2D eigenvalue weighted by atomic mass is 79.9. The molecule has 45 heavy (non-hydrogen) atoms. The van der Waals surface area contributed by atoms with Crippen LogP contribution in [-0.2, 0) is 12.8 Å². The van der Waals surface area contributed by atoms with Crippen molar-refractivity contribution in [2.75, 3.05) is 0 Å². The largest absolute Gasteiger partial charge is 0.316 e. The maximum absolute atomic E-state index is 3.91. The lowest BCUT2D eigenvalue weighted by atomic mass is 10.0. The Morgan fingerprint density at radius 3 is 1.51 bits per heavy atom. The van der Waals surface area contributed by atoms with Gasteiger partial charge in [0.2, 0.25) is 0 Å². The van der Waals surface area contributed by atoms with Crippen LogP contribution in [0.4, 0.5) is 0 Å². The topological polar surface area (TPSA) is 15.3 Å². The van der Waals surface area contributed by atoms with E-state index in [2.05, 4.69) is 85.2 Å². The molecule has 2 aliphatic heterocycles. The van der Waals surface area contributed by atoms with Gasteiger partial charge in [-0.05, 0) is 93.0 Å². The monoisotopic (exact) mass is 794 g/mol. The van der Waals surface area contributed by atoms with Crippen molar-refractivity contribution < 1.29 is 0 Å². The van der Waals surface area contributed by atoms with E-state index in [1.807, 2.05) is 22.7 Å². The molecule has 2 aliphatic rings. The first-order chi connectivity index (χ1) is 22.1. The molecule has 4 rings (SSSR count). The summed E-state index contributed by atoms with van der Waals surface area (Å²) in [6, 6.07) is 4.86. The van der Waals surface area contributed by atoms with Gasteiger partial charge >= 0.3 is 0 Å². The van der Waals surface area contributed by atoms with Crippen molar-refractivity contribution in [3.8, 4) is 0 Å². The molecule has 0 atom stereocenters. The molecule has 0 amide bonds. The van der Waals surface area contributed by atoms with Crippen LogP contribution in [-0.4, -0.2) is 4.31 Å². The highest BCUT2D eigenvalue weighted by molar-refractivity contribution is 9.11. The zero-order valence-electron chi connectivity index (χ0n) is 27.9. The predicted molar refractivity (Wildman–Crippen MR) is 212 cm³/mol. The summed E-state index contributed by atoms with van der Waals surface area (Å²) in [5.74, 6) is 0. The minimum Gasteiger partial charge on any atom is -0.316 e. The van der Waals surface area contributed by atoms with E-state index in [9.17, 15) is 0 Å². The number of nitrogens with one attached hydrogen (secondary N) is 1. The van der Waals surface area contributed by atoms with E-state index in [-0.39, 0.29) is 0 Å². The van der Waals surface area contributed by atoms with Crippen LogP contribution in [0, 0.1) is 0 Å². The molecule has 1 N–H and O–H groups in total. The van der Waals surface area contributed by atoms with Crippen LogP contribution in [0.25, 0.3) is 11.3 Å². The first kappa shape index (κ1) is 37.4. The lowest BCUT2D eigenvalue weighted by Gasteiger charge is -2.26. The third-order valence-corrected chi connectivity index (χ3v) is 13.9. The number of rotatable bonds is 24. The number of hydrogen-bond donors (Lipinski definition) is 1.